The van der Waals surface area contributed by atoms with Crippen LogP contribution in [0.15, 0.2) is 10.6 Å². The maximum atomic E-state index is 12.1. The Kier molecular flexibility index (Phi) is 6.62. The number of hydrogen-bond acceptors (Lipinski definition) is 6. The zero-order valence-corrected chi connectivity index (χ0v) is 15.6. The Morgan fingerprint density at radius 3 is 2.65 bits per heavy atom. The molecule has 0 bridgehead atoms. The number of nitrogens with zero attached hydrogens (tertiary/aromatic N) is 4. The van der Waals surface area contributed by atoms with Gasteiger partial charge < -0.3 is 14.7 Å². The van der Waals surface area contributed by atoms with Gasteiger partial charge in [-0.1, -0.05) is 5.16 Å². The molecule has 0 radical (unpaired) electrons. The number of aromatic nitrogens is 1. The Morgan fingerprint density at radius 1 is 1.23 bits per heavy atom. The highest BCUT2D eigenvalue weighted by molar-refractivity contribution is 5.78. The van der Waals surface area contributed by atoms with Crippen LogP contribution in [0.4, 0.5) is 0 Å². The van der Waals surface area contributed by atoms with Crippen LogP contribution in [0.1, 0.15) is 30.7 Å². The molecular weight excluding hydrogens is 334 g/mol. The van der Waals surface area contributed by atoms with E-state index in [1.807, 2.05) is 17.9 Å². The lowest BCUT2D eigenvalue weighted by molar-refractivity contribution is -0.127. The van der Waals surface area contributed by atoms with E-state index in [0.29, 0.717) is 19.5 Å². The van der Waals surface area contributed by atoms with Crippen molar-refractivity contribution in [3.8, 4) is 0 Å². The molecule has 2 amide bonds. The largest absolute Gasteiger partial charge is 0.361 e. The van der Waals surface area contributed by atoms with E-state index in [1.165, 1.54) is 0 Å². The number of rotatable bonds is 8. The van der Waals surface area contributed by atoms with E-state index in [0.717, 1.165) is 70.1 Å². The number of likely N-dealkylation sites (tertiary alicyclic amines) is 1. The number of piperazine rings is 1. The first-order valence-electron chi connectivity index (χ1n) is 9.51. The van der Waals surface area contributed by atoms with Gasteiger partial charge in [0.25, 0.3) is 0 Å². The first-order chi connectivity index (χ1) is 12.6. The number of aryl methyl sites for hydroxylation is 1. The molecular formula is C18H29N5O3. The molecule has 3 rings (SSSR count). The SMILES string of the molecule is Cc1cc(CN2CCN(CC(=O)NCCCN3CCCC3=O)CC2)no1. The standard InChI is InChI=1S/C18H29N5O3/c1-15-12-16(20-26-15)13-21-8-10-22(11-9-21)14-17(24)19-5-3-7-23-6-2-4-18(23)25/h12H,2-11,13-14H2,1H3,(H,19,24). The van der Waals surface area contributed by atoms with Crippen molar-refractivity contribution in [1.29, 1.82) is 0 Å². The molecule has 0 aromatic carbocycles. The van der Waals surface area contributed by atoms with Crippen LogP contribution in [0.25, 0.3) is 0 Å². The van der Waals surface area contributed by atoms with E-state index in [2.05, 4.69) is 20.3 Å². The van der Waals surface area contributed by atoms with Crippen LogP contribution in [0, 0.1) is 6.92 Å². The van der Waals surface area contributed by atoms with E-state index < -0.39 is 0 Å². The fourth-order valence-electron chi connectivity index (χ4n) is 3.52. The molecule has 1 N–H and O–H groups in total. The smallest absolute Gasteiger partial charge is 0.234 e. The predicted octanol–water partition coefficient (Wildman–Crippen LogP) is 0.229. The second-order valence-electron chi connectivity index (χ2n) is 7.17. The van der Waals surface area contributed by atoms with E-state index >= 15 is 0 Å². The van der Waals surface area contributed by atoms with Gasteiger partial charge in [-0.3, -0.25) is 19.4 Å². The van der Waals surface area contributed by atoms with Crippen molar-refractivity contribution in [2.75, 3.05) is 52.4 Å². The summed E-state index contributed by atoms with van der Waals surface area (Å²) < 4.78 is 5.10. The maximum absolute atomic E-state index is 12.1. The summed E-state index contributed by atoms with van der Waals surface area (Å²) in [7, 11) is 0. The summed E-state index contributed by atoms with van der Waals surface area (Å²) in [6, 6.07) is 1.97. The third-order valence-corrected chi connectivity index (χ3v) is 4.99. The van der Waals surface area contributed by atoms with Crippen LogP contribution in [0.2, 0.25) is 0 Å². The quantitative estimate of drug-likeness (QED) is 0.666. The van der Waals surface area contributed by atoms with Crippen LogP contribution in [-0.4, -0.2) is 84.0 Å². The van der Waals surface area contributed by atoms with Crippen LogP contribution >= 0.6 is 0 Å². The van der Waals surface area contributed by atoms with Crippen LogP contribution < -0.4 is 5.32 Å². The molecule has 2 aliphatic heterocycles. The lowest BCUT2D eigenvalue weighted by Gasteiger charge is -2.33. The van der Waals surface area contributed by atoms with E-state index in [-0.39, 0.29) is 11.8 Å². The maximum Gasteiger partial charge on any atom is 0.234 e. The molecule has 2 fully saturated rings. The first-order valence-corrected chi connectivity index (χ1v) is 9.51. The molecule has 2 saturated heterocycles. The summed E-state index contributed by atoms with van der Waals surface area (Å²) in [5, 5.41) is 7.00. The van der Waals surface area contributed by atoms with E-state index in [1.54, 1.807) is 0 Å². The topological polar surface area (TPSA) is 81.9 Å². The fraction of sp³-hybridized carbons (Fsp3) is 0.722. The summed E-state index contributed by atoms with van der Waals surface area (Å²) in [5.74, 6) is 1.15. The average Bonchev–Trinajstić information content (AvgIpc) is 3.22. The summed E-state index contributed by atoms with van der Waals surface area (Å²) in [6.07, 6.45) is 2.46. The second-order valence-corrected chi connectivity index (χ2v) is 7.17. The highest BCUT2D eigenvalue weighted by Crippen LogP contribution is 2.10. The predicted molar refractivity (Wildman–Crippen MR) is 96.4 cm³/mol. The van der Waals surface area contributed by atoms with Crippen molar-refractivity contribution in [3.63, 3.8) is 0 Å². The number of nitrogens with one attached hydrogen (secondary N) is 1. The Bertz CT molecular complexity index is 610. The van der Waals surface area contributed by atoms with E-state index in [9.17, 15) is 9.59 Å². The summed E-state index contributed by atoms with van der Waals surface area (Å²) in [6.45, 7) is 9.01. The highest BCUT2D eigenvalue weighted by Gasteiger charge is 2.21. The number of amides is 2. The number of carbonyl (C=O) groups excluding carboxylic acids is 2. The van der Waals surface area contributed by atoms with Crippen molar-refractivity contribution >= 4 is 11.8 Å². The molecule has 1 aromatic rings. The second kappa shape index (κ2) is 9.14. The van der Waals surface area contributed by atoms with Gasteiger partial charge >= 0.3 is 0 Å². The first kappa shape index (κ1) is 18.8. The number of hydrogen-bond donors (Lipinski definition) is 1. The molecule has 1 aromatic heterocycles. The van der Waals surface area contributed by atoms with Gasteiger partial charge in [-0.2, -0.15) is 0 Å². The minimum absolute atomic E-state index is 0.0679. The molecule has 26 heavy (non-hydrogen) atoms. The molecule has 144 valence electrons. The number of carbonyl (C=O) groups is 2. The van der Waals surface area contributed by atoms with Crippen molar-refractivity contribution in [2.24, 2.45) is 0 Å². The van der Waals surface area contributed by atoms with Crippen LogP contribution in [0.5, 0.6) is 0 Å². The highest BCUT2D eigenvalue weighted by atomic mass is 16.5. The molecule has 0 spiro atoms. The lowest BCUT2D eigenvalue weighted by atomic mass is 10.2. The van der Waals surface area contributed by atoms with Gasteiger partial charge in [-0.15, -0.1) is 0 Å². The zero-order valence-electron chi connectivity index (χ0n) is 15.6. The minimum atomic E-state index is 0.0679. The molecule has 0 unspecified atom stereocenters. The third kappa shape index (κ3) is 5.54. The Morgan fingerprint density at radius 2 is 2.00 bits per heavy atom. The lowest BCUT2D eigenvalue weighted by Crippen LogP contribution is -2.49. The zero-order chi connectivity index (χ0) is 18.4. The van der Waals surface area contributed by atoms with Gasteiger partial charge in [0.1, 0.15) is 5.76 Å². The Balaban J connectivity index is 1.26. The normalized spacial score (nSPS) is 19.3. The van der Waals surface area contributed by atoms with Gasteiger partial charge in [0.05, 0.1) is 12.2 Å². The van der Waals surface area contributed by atoms with Crippen LogP contribution in [-0.2, 0) is 16.1 Å². The van der Waals surface area contributed by atoms with Crippen molar-refractivity contribution in [3.05, 3.63) is 17.5 Å². The summed E-state index contributed by atoms with van der Waals surface area (Å²) >= 11 is 0. The van der Waals surface area contributed by atoms with Crippen LogP contribution in [0.3, 0.4) is 0 Å². The molecule has 0 atom stereocenters. The fourth-order valence-corrected chi connectivity index (χ4v) is 3.52. The van der Waals surface area contributed by atoms with Gasteiger partial charge in [0, 0.05) is 64.8 Å². The summed E-state index contributed by atoms with van der Waals surface area (Å²) in [4.78, 5) is 30.0. The van der Waals surface area contributed by atoms with Gasteiger partial charge in [0.2, 0.25) is 11.8 Å². The Labute approximate surface area is 154 Å². The molecule has 3 heterocycles. The monoisotopic (exact) mass is 363 g/mol. The van der Waals surface area contributed by atoms with Gasteiger partial charge in [-0.25, -0.2) is 0 Å². The van der Waals surface area contributed by atoms with Gasteiger partial charge in [-0.05, 0) is 19.8 Å². The molecule has 8 nitrogen and oxygen atoms in total. The third-order valence-electron chi connectivity index (χ3n) is 4.99. The molecule has 2 aliphatic rings. The molecule has 0 aliphatic carbocycles. The molecule has 0 saturated carbocycles. The minimum Gasteiger partial charge on any atom is -0.361 e. The Hall–Kier alpha value is -1.93. The molecule has 8 heteroatoms. The average molecular weight is 363 g/mol. The van der Waals surface area contributed by atoms with Crippen molar-refractivity contribution < 1.29 is 14.1 Å². The van der Waals surface area contributed by atoms with E-state index in [4.69, 9.17) is 4.52 Å². The van der Waals surface area contributed by atoms with Crippen molar-refractivity contribution in [2.45, 2.75) is 32.7 Å². The summed E-state index contributed by atoms with van der Waals surface area (Å²) in [5.41, 5.74) is 0.963. The van der Waals surface area contributed by atoms with Gasteiger partial charge in [0.15, 0.2) is 0 Å². The van der Waals surface area contributed by atoms with Crippen molar-refractivity contribution in [1.82, 2.24) is 25.2 Å².